The van der Waals surface area contributed by atoms with Crippen LogP contribution in [0.15, 0.2) is 24.3 Å². The smallest absolute Gasteiger partial charge is 0.315 e. The number of ether oxygens (including phenoxy) is 1. The van der Waals surface area contributed by atoms with Gasteiger partial charge in [0.15, 0.2) is 0 Å². The van der Waals surface area contributed by atoms with Crippen molar-refractivity contribution in [1.29, 1.82) is 0 Å². The van der Waals surface area contributed by atoms with Gasteiger partial charge in [-0.2, -0.15) is 0 Å². The fourth-order valence-electron chi connectivity index (χ4n) is 1.93. The molecule has 0 heterocycles. The summed E-state index contributed by atoms with van der Waals surface area (Å²) in [5.74, 6) is 1.24. The van der Waals surface area contributed by atoms with Crippen molar-refractivity contribution in [2.45, 2.75) is 45.4 Å². The van der Waals surface area contributed by atoms with Crippen LogP contribution in [0, 0.1) is 0 Å². The van der Waals surface area contributed by atoms with Gasteiger partial charge in [0.2, 0.25) is 0 Å². The van der Waals surface area contributed by atoms with Crippen LogP contribution in [0.3, 0.4) is 0 Å². The Morgan fingerprint density at radius 3 is 2.65 bits per heavy atom. The Hall–Kier alpha value is -1.56. The Morgan fingerprint density at radius 1 is 1.35 bits per heavy atom. The van der Waals surface area contributed by atoms with Crippen LogP contribution >= 0.6 is 0 Å². The maximum absolute atomic E-state index is 11.9. The summed E-state index contributed by atoms with van der Waals surface area (Å²) in [4.78, 5) is 11.9. The van der Waals surface area contributed by atoms with Crippen LogP contribution in [0.25, 0.3) is 0 Å². The van der Waals surface area contributed by atoms with Crippen LogP contribution in [-0.4, -0.2) is 33.9 Å². The van der Waals surface area contributed by atoms with Crippen molar-refractivity contribution in [2.75, 3.05) is 18.9 Å². The van der Waals surface area contributed by atoms with E-state index in [0.29, 0.717) is 18.9 Å². The molecule has 1 rings (SSSR count). The number of urea groups is 1. The van der Waals surface area contributed by atoms with Crippen LogP contribution in [0.1, 0.15) is 46.2 Å². The zero-order valence-electron chi connectivity index (χ0n) is 14.6. The molecule has 23 heavy (non-hydrogen) atoms. The van der Waals surface area contributed by atoms with E-state index in [4.69, 9.17) is 4.74 Å². The lowest BCUT2D eigenvalue weighted by molar-refractivity contribution is 0.238. The molecule has 2 N–H and O–H groups in total. The highest BCUT2D eigenvalue weighted by Gasteiger charge is 2.19. The Balaban J connectivity index is 2.45. The number of rotatable bonds is 7. The molecule has 0 radical (unpaired) electrons. The van der Waals surface area contributed by atoms with Gasteiger partial charge in [-0.1, -0.05) is 12.1 Å². The SMILES string of the molecule is CCOc1cccc([C@H](C)NC(=O)NCC[S@@](=O)C(C)(C)C)c1. The zero-order chi connectivity index (χ0) is 17.5. The number of amides is 2. The van der Waals surface area contributed by atoms with Crippen LogP contribution < -0.4 is 15.4 Å². The molecular formula is C17H28N2O3S. The summed E-state index contributed by atoms with van der Waals surface area (Å²) in [6.07, 6.45) is 0. The molecule has 0 aliphatic rings. The quantitative estimate of drug-likeness (QED) is 0.802. The Labute approximate surface area is 141 Å². The number of nitrogens with one attached hydrogen (secondary N) is 2. The Bertz CT molecular complexity index is 541. The number of hydrogen-bond acceptors (Lipinski definition) is 3. The van der Waals surface area contributed by atoms with Crippen LogP contribution in [0.4, 0.5) is 4.79 Å². The minimum Gasteiger partial charge on any atom is -0.494 e. The maximum atomic E-state index is 11.9. The van der Waals surface area contributed by atoms with Crippen LogP contribution in [-0.2, 0) is 10.8 Å². The molecule has 0 saturated heterocycles. The monoisotopic (exact) mass is 340 g/mol. The maximum Gasteiger partial charge on any atom is 0.315 e. The van der Waals surface area contributed by atoms with Crippen molar-refractivity contribution in [2.24, 2.45) is 0 Å². The summed E-state index contributed by atoms with van der Waals surface area (Å²) >= 11 is 0. The van der Waals surface area contributed by atoms with E-state index in [2.05, 4.69) is 10.6 Å². The highest BCUT2D eigenvalue weighted by Crippen LogP contribution is 2.19. The molecule has 0 aliphatic carbocycles. The first-order chi connectivity index (χ1) is 10.7. The molecular weight excluding hydrogens is 312 g/mol. The first kappa shape index (κ1) is 19.5. The molecule has 0 unspecified atom stereocenters. The van der Waals surface area contributed by atoms with Crippen LogP contribution in [0.5, 0.6) is 5.75 Å². The van der Waals surface area contributed by atoms with Gasteiger partial charge in [-0.15, -0.1) is 0 Å². The zero-order valence-corrected chi connectivity index (χ0v) is 15.5. The molecule has 2 amide bonds. The average Bonchev–Trinajstić information content (AvgIpc) is 2.46. The molecule has 0 bridgehead atoms. The van der Waals surface area contributed by atoms with E-state index in [9.17, 15) is 9.00 Å². The number of hydrogen-bond donors (Lipinski definition) is 2. The molecule has 6 heteroatoms. The molecule has 2 atom stereocenters. The summed E-state index contributed by atoms with van der Waals surface area (Å²) in [5.41, 5.74) is 0.976. The topological polar surface area (TPSA) is 67.4 Å². The van der Waals surface area contributed by atoms with E-state index >= 15 is 0 Å². The summed E-state index contributed by atoms with van der Waals surface area (Å²) < 4.78 is 17.1. The number of carbonyl (C=O) groups is 1. The van der Waals surface area contributed by atoms with Gasteiger partial charge >= 0.3 is 6.03 Å². The fraction of sp³-hybridized carbons (Fsp3) is 0.588. The van der Waals surface area contributed by atoms with E-state index in [1.54, 1.807) is 0 Å². The van der Waals surface area contributed by atoms with E-state index in [0.717, 1.165) is 11.3 Å². The molecule has 0 saturated carbocycles. The highest BCUT2D eigenvalue weighted by atomic mass is 32.2. The van der Waals surface area contributed by atoms with E-state index in [-0.39, 0.29) is 16.8 Å². The van der Waals surface area contributed by atoms with Crippen molar-refractivity contribution >= 4 is 16.8 Å². The first-order valence-corrected chi connectivity index (χ1v) is 9.21. The van der Waals surface area contributed by atoms with Crippen molar-refractivity contribution in [3.63, 3.8) is 0 Å². The van der Waals surface area contributed by atoms with E-state index in [1.165, 1.54) is 0 Å². The minimum atomic E-state index is -0.967. The number of carbonyl (C=O) groups excluding carboxylic acids is 1. The highest BCUT2D eigenvalue weighted by molar-refractivity contribution is 7.86. The van der Waals surface area contributed by atoms with Gasteiger partial charge in [0.1, 0.15) is 5.75 Å². The lowest BCUT2D eigenvalue weighted by atomic mass is 10.1. The fourth-order valence-corrected chi connectivity index (χ4v) is 2.83. The summed E-state index contributed by atoms with van der Waals surface area (Å²) in [5, 5.41) is 5.63. The Morgan fingerprint density at radius 2 is 2.04 bits per heavy atom. The molecule has 1 aromatic rings. The van der Waals surface area contributed by atoms with Crippen molar-refractivity contribution in [1.82, 2.24) is 10.6 Å². The molecule has 1 aromatic carbocycles. The first-order valence-electron chi connectivity index (χ1n) is 7.89. The normalized spacial score (nSPS) is 14.0. The van der Waals surface area contributed by atoms with E-state index in [1.807, 2.05) is 58.9 Å². The predicted molar refractivity (Wildman–Crippen MR) is 95.3 cm³/mol. The van der Waals surface area contributed by atoms with Crippen molar-refractivity contribution in [3.05, 3.63) is 29.8 Å². The largest absolute Gasteiger partial charge is 0.494 e. The third kappa shape index (κ3) is 7.03. The van der Waals surface area contributed by atoms with Crippen molar-refractivity contribution < 1.29 is 13.7 Å². The second-order valence-electron chi connectivity index (χ2n) is 6.29. The van der Waals surface area contributed by atoms with Gasteiger partial charge in [0.25, 0.3) is 0 Å². The third-order valence-electron chi connectivity index (χ3n) is 3.27. The minimum absolute atomic E-state index is 0.136. The lowest BCUT2D eigenvalue weighted by Crippen LogP contribution is -2.40. The van der Waals surface area contributed by atoms with Crippen LogP contribution in [0.2, 0.25) is 0 Å². The van der Waals surface area contributed by atoms with Gasteiger partial charge in [-0.25, -0.2) is 4.79 Å². The summed E-state index contributed by atoms with van der Waals surface area (Å²) in [7, 11) is -0.967. The molecule has 0 fully saturated rings. The molecule has 0 aromatic heterocycles. The number of benzene rings is 1. The van der Waals surface area contributed by atoms with Gasteiger partial charge in [-0.3, -0.25) is 4.21 Å². The van der Waals surface area contributed by atoms with E-state index < -0.39 is 10.8 Å². The third-order valence-corrected chi connectivity index (χ3v) is 5.21. The Kier molecular flexibility index (Phi) is 7.55. The second kappa shape index (κ2) is 8.91. The molecule has 130 valence electrons. The molecule has 5 nitrogen and oxygen atoms in total. The molecule has 0 spiro atoms. The van der Waals surface area contributed by atoms with Gasteiger partial charge in [0.05, 0.1) is 12.6 Å². The van der Waals surface area contributed by atoms with Crippen molar-refractivity contribution in [3.8, 4) is 5.75 Å². The molecule has 0 aliphatic heterocycles. The second-order valence-corrected chi connectivity index (χ2v) is 8.61. The standard InChI is InChI=1S/C17H28N2O3S/c1-6-22-15-9-7-8-14(12-15)13(2)19-16(20)18-10-11-23(21)17(3,4)5/h7-9,12-13H,6,10-11H2,1-5H3,(H2,18,19,20)/t13-,23+/m0/s1. The van der Waals surface area contributed by atoms with Gasteiger partial charge in [0, 0.05) is 27.8 Å². The van der Waals surface area contributed by atoms with Gasteiger partial charge in [-0.05, 0) is 52.3 Å². The lowest BCUT2D eigenvalue weighted by Gasteiger charge is -2.19. The summed E-state index contributed by atoms with van der Waals surface area (Å²) in [6.45, 7) is 10.6. The predicted octanol–water partition coefficient (Wildman–Crippen LogP) is 2.99. The average molecular weight is 340 g/mol. The summed E-state index contributed by atoms with van der Waals surface area (Å²) in [6, 6.07) is 7.27. The van der Waals surface area contributed by atoms with Gasteiger partial charge < -0.3 is 15.4 Å².